The predicted molar refractivity (Wildman–Crippen MR) is 91.2 cm³/mol. The van der Waals surface area contributed by atoms with E-state index < -0.39 is 0 Å². The van der Waals surface area contributed by atoms with Gasteiger partial charge in [-0.15, -0.1) is 0 Å². The van der Waals surface area contributed by atoms with Crippen molar-refractivity contribution >= 4 is 6.03 Å². The van der Waals surface area contributed by atoms with E-state index in [-0.39, 0.29) is 6.03 Å². The molecule has 1 spiro atoms. The second-order valence-electron chi connectivity index (χ2n) is 6.99. The molecular weight excluding hydrogens is 288 g/mol. The fourth-order valence-electron chi connectivity index (χ4n) is 3.89. The molecule has 1 aromatic rings. The molecule has 1 atom stereocenters. The van der Waals surface area contributed by atoms with E-state index in [0.29, 0.717) is 5.41 Å². The first-order valence-corrected chi connectivity index (χ1v) is 8.84. The Kier molecular flexibility index (Phi) is 5.03. The second kappa shape index (κ2) is 7.20. The molecule has 2 amide bonds. The molecule has 2 aliphatic rings. The van der Waals surface area contributed by atoms with Crippen LogP contribution in [0.2, 0.25) is 0 Å². The minimum Gasteiger partial charge on any atom is -0.338 e. The molecule has 0 saturated carbocycles. The third kappa shape index (κ3) is 3.95. The second-order valence-corrected chi connectivity index (χ2v) is 6.99. The first-order valence-electron chi connectivity index (χ1n) is 8.84. The highest BCUT2D eigenvalue weighted by Crippen LogP contribution is 2.40. The number of hydrogen-bond acceptors (Lipinski definition) is 2. The molecule has 3 rings (SSSR count). The third-order valence-electron chi connectivity index (χ3n) is 5.28. The zero-order chi connectivity index (χ0) is 16.1. The number of urea groups is 1. The molecule has 0 aromatic carbocycles. The Bertz CT molecular complexity index is 565. The average molecular weight is 316 g/mol. The number of rotatable bonds is 4. The minimum absolute atomic E-state index is 0.112. The van der Waals surface area contributed by atoms with Crippen LogP contribution < -0.4 is 5.32 Å². The summed E-state index contributed by atoms with van der Waals surface area (Å²) in [7, 11) is 0. The van der Waals surface area contributed by atoms with Gasteiger partial charge in [-0.3, -0.25) is 0 Å². The lowest BCUT2D eigenvalue weighted by molar-refractivity contribution is 0.0960. The smallest absolute Gasteiger partial charge is 0.317 e. The van der Waals surface area contributed by atoms with Crippen molar-refractivity contribution in [2.24, 2.45) is 5.41 Å². The van der Waals surface area contributed by atoms with Crippen LogP contribution in [0, 0.1) is 12.3 Å². The van der Waals surface area contributed by atoms with Crippen molar-refractivity contribution in [3.05, 3.63) is 30.4 Å². The summed E-state index contributed by atoms with van der Waals surface area (Å²) in [6, 6.07) is 0.112. The Labute approximate surface area is 138 Å². The number of aryl methyl sites for hydroxylation is 2. The van der Waals surface area contributed by atoms with Gasteiger partial charge in [-0.2, -0.15) is 0 Å². The molecule has 0 bridgehead atoms. The van der Waals surface area contributed by atoms with Crippen LogP contribution in [0.25, 0.3) is 0 Å². The van der Waals surface area contributed by atoms with Crippen molar-refractivity contribution in [2.75, 3.05) is 19.6 Å². The van der Waals surface area contributed by atoms with Crippen molar-refractivity contribution in [1.29, 1.82) is 0 Å². The third-order valence-corrected chi connectivity index (χ3v) is 5.28. The molecule has 2 heterocycles. The Hall–Kier alpha value is -1.78. The number of nitrogens with one attached hydrogen (secondary N) is 1. The number of nitrogens with zero attached hydrogens (tertiary/aromatic N) is 3. The molecule has 1 fully saturated rings. The summed E-state index contributed by atoms with van der Waals surface area (Å²) in [5.41, 5.74) is 0.345. The first kappa shape index (κ1) is 16.1. The van der Waals surface area contributed by atoms with Crippen LogP contribution in [0.3, 0.4) is 0 Å². The van der Waals surface area contributed by atoms with Crippen LogP contribution in [0.15, 0.2) is 24.5 Å². The van der Waals surface area contributed by atoms with E-state index in [1.54, 1.807) is 0 Å². The summed E-state index contributed by atoms with van der Waals surface area (Å²) in [6.45, 7) is 5.45. The molecule has 5 heteroatoms. The maximum Gasteiger partial charge on any atom is 0.317 e. The number of piperidine rings is 1. The summed E-state index contributed by atoms with van der Waals surface area (Å²) in [4.78, 5) is 18.7. The molecule has 0 radical (unpaired) electrons. The van der Waals surface area contributed by atoms with Crippen molar-refractivity contribution < 1.29 is 4.79 Å². The molecule has 1 saturated heterocycles. The zero-order valence-electron chi connectivity index (χ0n) is 14.1. The lowest BCUT2D eigenvalue weighted by Gasteiger charge is -2.43. The van der Waals surface area contributed by atoms with Gasteiger partial charge < -0.3 is 14.8 Å². The summed E-state index contributed by atoms with van der Waals surface area (Å²) in [5.74, 6) is 1.03. The molecule has 126 valence electrons. The number of carbonyl (C=O) groups is 1. The van der Waals surface area contributed by atoms with Gasteiger partial charge in [-0.1, -0.05) is 12.2 Å². The lowest BCUT2D eigenvalue weighted by Crippen LogP contribution is -2.50. The molecule has 5 nitrogen and oxygen atoms in total. The van der Waals surface area contributed by atoms with E-state index in [9.17, 15) is 4.79 Å². The highest BCUT2D eigenvalue weighted by atomic mass is 16.2. The largest absolute Gasteiger partial charge is 0.338 e. The fraction of sp³-hybridized carbons (Fsp3) is 0.667. The van der Waals surface area contributed by atoms with Crippen LogP contribution in [-0.4, -0.2) is 40.1 Å². The van der Waals surface area contributed by atoms with Crippen LogP contribution in [0.4, 0.5) is 4.79 Å². The molecule has 1 N–H and O–H groups in total. The van der Waals surface area contributed by atoms with E-state index in [2.05, 4.69) is 27.0 Å². The van der Waals surface area contributed by atoms with E-state index in [1.165, 1.54) is 19.3 Å². The van der Waals surface area contributed by atoms with E-state index >= 15 is 0 Å². The van der Waals surface area contributed by atoms with Gasteiger partial charge in [0.1, 0.15) is 5.82 Å². The number of aromatic nitrogens is 2. The zero-order valence-corrected chi connectivity index (χ0v) is 14.1. The van der Waals surface area contributed by atoms with Crippen molar-refractivity contribution in [3.63, 3.8) is 0 Å². The summed E-state index contributed by atoms with van der Waals surface area (Å²) in [6.07, 6.45) is 15.3. The normalized spacial score (nSPS) is 24.1. The number of imidazole rings is 1. The van der Waals surface area contributed by atoms with Gasteiger partial charge in [0.2, 0.25) is 0 Å². The Balaban J connectivity index is 1.43. The number of likely N-dealkylation sites (tertiary alicyclic amines) is 1. The monoisotopic (exact) mass is 316 g/mol. The van der Waals surface area contributed by atoms with Crippen molar-refractivity contribution in [2.45, 2.75) is 52.0 Å². The molecule has 1 aliphatic heterocycles. The fourth-order valence-corrected chi connectivity index (χ4v) is 3.89. The van der Waals surface area contributed by atoms with E-state index in [0.717, 1.165) is 51.3 Å². The maximum absolute atomic E-state index is 12.4. The number of amides is 2. The van der Waals surface area contributed by atoms with E-state index in [1.807, 2.05) is 24.2 Å². The Morgan fingerprint density at radius 3 is 3.04 bits per heavy atom. The average Bonchev–Trinajstić information content (AvgIpc) is 2.97. The Morgan fingerprint density at radius 1 is 1.39 bits per heavy atom. The van der Waals surface area contributed by atoms with Gasteiger partial charge in [0.15, 0.2) is 0 Å². The van der Waals surface area contributed by atoms with Gasteiger partial charge in [0, 0.05) is 38.6 Å². The quantitative estimate of drug-likeness (QED) is 0.685. The predicted octanol–water partition coefficient (Wildman–Crippen LogP) is 3.11. The summed E-state index contributed by atoms with van der Waals surface area (Å²) >= 11 is 0. The molecule has 1 aromatic heterocycles. The first-order chi connectivity index (χ1) is 11.2. The van der Waals surface area contributed by atoms with E-state index in [4.69, 9.17) is 0 Å². The standard InChI is InChI=1S/C18H28N4O/c1-16-19-11-14-21(16)13-6-10-20-17(23)22-12-5-9-18(15-22)7-3-2-4-8-18/h2-3,11,14H,4-10,12-13,15H2,1H3,(H,20,23)/t18-/m1/s1. The molecular formula is C18H28N4O. The summed E-state index contributed by atoms with van der Waals surface area (Å²) < 4.78 is 2.12. The Morgan fingerprint density at radius 2 is 2.30 bits per heavy atom. The number of carbonyl (C=O) groups excluding carboxylic acids is 1. The lowest BCUT2D eigenvalue weighted by atomic mass is 9.71. The maximum atomic E-state index is 12.4. The van der Waals surface area contributed by atoms with Crippen molar-refractivity contribution in [1.82, 2.24) is 19.8 Å². The van der Waals surface area contributed by atoms with Gasteiger partial charge in [0.25, 0.3) is 0 Å². The molecule has 1 aliphatic carbocycles. The highest BCUT2D eigenvalue weighted by Gasteiger charge is 2.36. The SMILES string of the molecule is Cc1nccn1CCCNC(=O)N1CCC[C@]2(CC=CCC2)C1. The summed E-state index contributed by atoms with van der Waals surface area (Å²) in [5, 5.41) is 3.09. The number of allylic oxidation sites excluding steroid dienone is 2. The van der Waals surface area contributed by atoms with Gasteiger partial charge in [0.05, 0.1) is 0 Å². The minimum atomic E-state index is 0.112. The van der Waals surface area contributed by atoms with Crippen LogP contribution >= 0.6 is 0 Å². The highest BCUT2D eigenvalue weighted by molar-refractivity contribution is 5.74. The molecule has 23 heavy (non-hydrogen) atoms. The molecule has 0 unspecified atom stereocenters. The van der Waals surface area contributed by atoms with Gasteiger partial charge in [-0.25, -0.2) is 9.78 Å². The topological polar surface area (TPSA) is 50.2 Å². The van der Waals surface area contributed by atoms with Crippen LogP contribution in [0.5, 0.6) is 0 Å². The van der Waals surface area contributed by atoms with Gasteiger partial charge in [-0.05, 0) is 50.9 Å². The van der Waals surface area contributed by atoms with Crippen LogP contribution in [-0.2, 0) is 6.54 Å². The van der Waals surface area contributed by atoms with Gasteiger partial charge >= 0.3 is 6.03 Å². The number of hydrogen-bond donors (Lipinski definition) is 1. The van der Waals surface area contributed by atoms with Crippen LogP contribution in [0.1, 0.15) is 44.3 Å². The van der Waals surface area contributed by atoms with Crippen molar-refractivity contribution in [3.8, 4) is 0 Å².